The van der Waals surface area contributed by atoms with Gasteiger partial charge in [0.05, 0.1) is 18.1 Å². The van der Waals surface area contributed by atoms with E-state index in [4.69, 9.17) is 10.00 Å². The largest absolute Gasteiger partial charge is 0.439 e. The van der Waals surface area contributed by atoms with Crippen LogP contribution in [0.3, 0.4) is 0 Å². The van der Waals surface area contributed by atoms with Gasteiger partial charge in [-0.2, -0.15) is 5.26 Å². The summed E-state index contributed by atoms with van der Waals surface area (Å²) in [5.41, 5.74) is 1.95. The Hall–Kier alpha value is -2.61. The highest BCUT2D eigenvalue weighted by Crippen LogP contribution is 2.28. The first-order valence-corrected chi connectivity index (χ1v) is 6.93. The lowest BCUT2D eigenvalue weighted by atomic mass is 10.1. The van der Waals surface area contributed by atoms with E-state index in [0.717, 1.165) is 29.8 Å². The van der Waals surface area contributed by atoms with Crippen molar-refractivity contribution in [1.29, 1.82) is 5.26 Å². The molecule has 0 atom stereocenters. The first-order chi connectivity index (χ1) is 10.3. The van der Waals surface area contributed by atoms with Crippen LogP contribution in [0.15, 0.2) is 30.6 Å². The van der Waals surface area contributed by atoms with Crippen LogP contribution in [0.4, 0.5) is 5.82 Å². The number of aromatic nitrogens is 2. The number of nitrogens with one attached hydrogen (secondary N) is 1. The molecule has 0 amide bonds. The molecule has 5 heteroatoms. The van der Waals surface area contributed by atoms with Crippen molar-refractivity contribution in [1.82, 2.24) is 9.97 Å². The molecule has 1 heterocycles. The van der Waals surface area contributed by atoms with E-state index in [1.54, 1.807) is 0 Å². The summed E-state index contributed by atoms with van der Waals surface area (Å²) in [6.45, 7) is 2.10. The zero-order chi connectivity index (χ0) is 15.1. The van der Waals surface area contributed by atoms with Gasteiger partial charge in [0.15, 0.2) is 0 Å². The smallest absolute Gasteiger partial charge is 0.227 e. The minimum absolute atomic E-state index is 0.402. The van der Waals surface area contributed by atoms with Gasteiger partial charge in [-0.3, -0.25) is 0 Å². The summed E-state index contributed by atoms with van der Waals surface area (Å²) in [5, 5.41) is 11.7. The third kappa shape index (κ3) is 3.69. The van der Waals surface area contributed by atoms with Crippen LogP contribution in [0.5, 0.6) is 11.6 Å². The van der Waals surface area contributed by atoms with Crippen LogP contribution >= 0.6 is 0 Å². The third-order valence-corrected chi connectivity index (χ3v) is 3.06. The maximum Gasteiger partial charge on any atom is 0.227 e. The first-order valence-electron chi connectivity index (χ1n) is 6.93. The Kier molecular flexibility index (Phi) is 5.10. The number of nitrogens with zero attached hydrogens (tertiary/aromatic N) is 3. The van der Waals surface area contributed by atoms with E-state index < -0.39 is 0 Å². The molecular weight excluding hydrogens is 264 g/mol. The normalized spacial score (nSPS) is 9.95. The number of hydrogen-bond acceptors (Lipinski definition) is 5. The molecule has 0 aliphatic carbocycles. The van der Waals surface area contributed by atoms with Crippen molar-refractivity contribution in [3.05, 3.63) is 41.7 Å². The van der Waals surface area contributed by atoms with Gasteiger partial charge in [0.2, 0.25) is 5.88 Å². The fourth-order valence-electron chi connectivity index (χ4n) is 2.05. The zero-order valence-electron chi connectivity index (χ0n) is 12.3. The molecule has 1 aromatic carbocycles. The average molecular weight is 282 g/mol. The van der Waals surface area contributed by atoms with E-state index in [0.29, 0.717) is 18.1 Å². The predicted molar refractivity (Wildman–Crippen MR) is 81.4 cm³/mol. The standard InChI is InChI=1S/C16H18N4O/c1-3-4-14-15(18-2)19-11-20-16(14)21-13-7-5-12(6-8-13)9-10-17/h5-8,11H,3-4,9H2,1-2H3,(H,18,19,20). The summed E-state index contributed by atoms with van der Waals surface area (Å²) in [4.78, 5) is 8.45. The molecule has 0 spiro atoms. The molecule has 2 rings (SSSR count). The Balaban J connectivity index is 2.24. The minimum atomic E-state index is 0.402. The Morgan fingerprint density at radius 2 is 2.00 bits per heavy atom. The van der Waals surface area contributed by atoms with Gasteiger partial charge < -0.3 is 10.1 Å². The van der Waals surface area contributed by atoms with Crippen LogP contribution < -0.4 is 10.1 Å². The molecule has 0 bridgehead atoms. The van der Waals surface area contributed by atoms with E-state index in [1.165, 1.54) is 6.33 Å². The van der Waals surface area contributed by atoms with Gasteiger partial charge in [0.1, 0.15) is 17.9 Å². The van der Waals surface area contributed by atoms with Gasteiger partial charge in [-0.05, 0) is 24.1 Å². The van der Waals surface area contributed by atoms with Crippen LogP contribution in [0.25, 0.3) is 0 Å². The Bertz CT molecular complexity index is 632. The van der Waals surface area contributed by atoms with Crippen LogP contribution in [-0.4, -0.2) is 17.0 Å². The summed E-state index contributed by atoms with van der Waals surface area (Å²) < 4.78 is 5.86. The molecule has 5 nitrogen and oxygen atoms in total. The second kappa shape index (κ2) is 7.25. The highest BCUT2D eigenvalue weighted by molar-refractivity contribution is 5.49. The number of hydrogen-bond donors (Lipinski definition) is 1. The summed E-state index contributed by atoms with van der Waals surface area (Å²) in [6, 6.07) is 9.60. The second-order valence-electron chi connectivity index (χ2n) is 4.59. The summed E-state index contributed by atoms with van der Waals surface area (Å²) in [7, 11) is 1.84. The Morgan fingerprint density at radius 3 is 2.62 bits per heavy atom. The van der Waals surface area contributed by atoms with Gasteiger partial charge in [-0.15, -0.1) is 0 Å². The number of benzene rings is 1. The molecule has 0 saturated carbocycles. The van der Waals surface area contributed by atoms with Crippen molar-refractivity contribution < 1.29 is 4.74 Å². The summed E-state index contributed by atoms with van der Waals surface area (Å²) in [6.07, 6.45) is 3.72. The van der Waals surface area contributed by atoms with Gasteiger partial charge in [0, 0.05) is 7.05 Å². The van der Waals surface area contributed by atoms with Gasteiger partial charge in [-0.25, -0.2) is 9.97 Å². The van der Waals surface area contributed by atoms with Gasteiger partial charge >= 0.3 is 0 Å². The molecule has 0 radical (unpaired) electrons. The van der Waals surface area contributed by atoms with Crippen LogP contribution in [0.2, 0.25) is 0 Å². The minimum Gasteiger partial charge on any atom is -0.439 e. The van der Waals surface area contributed by atoms with Gasteiger partial charge in [0.25, 0.3) is 0 Å². The quantitative estimate of drug-likeness (QED) is 0.880. The summed E-state index contributed by atoms with van der Waals surface area (Å²) >= 11 is 0. The van der Waals surface area contributed by atoms with E-state index in [1.807, 2.05) is 31.3 Å². The number of nitriles is 1. The number of ether oxygens (including phenoxy) is 1. The van der Waals surface area contributed by atoms with Crippen LogP contribution in [-0.2, 0) is 12.8 Å². The maximum atomic E-state index is 8.67. The Morgan fingerprint density at radius 1 is 1.24 bits per heavy atom. The van der Waals surface area contributed by atoms with Crippen molar-refractivity contribution >= 4 is 5.82 Å². The molecular formula is C16H18N4O. The van der Waals surface area contributed by atoms with E-state index >= 15 is 0 Å². The van der Waals surface area contributed by atoms with Crippen LogP contribution in [0.1, 0.15) is 24.5 Å². The predicted octanol–water partition coefficient (Wildman–Crippen LogP) is 3.33. The molecule has 1 N–H and O–H groups in total. The SMILES string of the molecule is CCCc1c(NC)ncnc1Oc1ccc(CC#N)cc1. The topological polar surface area (TPSA) is 70.8 Å². The van der Waals surface area contributed by atoms with Crippen molar-refractivity contribution in [3.8, 4) is 17.7 Å². The molecule has 108 valence electrons. The lowest BCUT2D eigenvalue weighted by Gasteiger charge is -2.12. The van der Waals surface area contributed by atoms with Crippen molar-refractivity contribution in [2.75, 3.05) is 12.4 Å². The molecule has 0 unspecified atom stereocenters. The molecule has 0 aliphatic rings. The van der Waals surface area contributed by atoms with Gasteiger partial charge in [-0.1, -0.05) is 25.5 Å². The summed E-state index contributed by atoms with van der Waals surface area (Å²) in [5.74, 6) is 2.07. The highest BCUT2D eigenvalue weighted by atomic mass is 16.5. The molecule has 21 heavy (non-hydrogen) atoms. The number of rotatable bonds is 6. The van der Waals surface area contributed by atoms with Crippen molar-refractivity contribution in [2.45, 2.75) is 26.2 Å². The van der Waals surface area contributed by atoms with E-state index in [9.17, 15) is 0 Å². The fraction of sp³-hybridized carbons (Fsp3) is 0.312. The van der Waals surface area contributed by atoms with E-state index in [2.05, 4.69) is 28.3 Å². The molecule has 0 fully saturated rings. The third-order valence-electron chi connectivity index (χ3n) is 3.06. The Labute approximate surface area is 124 Å². The molecule has 0 saturated heterocycles. The molecule has 2 aromatic rings. The average Bonchev–Trinajstić information content (AvgIpc) is 2.51. The molecule has 0 aliphatic heterocycles. The maximum absolute atomic E-state index is 8.67. The molecule has 1 aromatic heterocycles. The lowest BCUT2D eigenvalue weighted by molar-refractivity contribution is 0.454. The first kappa shape index (κ1) is 14.8. The lowest BCUT2D eigenvalue weighted by Crippen LogP contribution is -2.03. The highest BCUT2D eigenvalue weighted by Gasteiger charge is 2.11. The van der Waals surface area contributed by atoms with Crippen molar-refractivity contribution in [2.24, 2.45) is 0 Å². The second-order valence-corrected chi connectivity index (χ2v) is 4.59. The van der Waals surface area contributed by atoms with Crippen molar-refractivity contribution in [3.63, 3.8) is 0 Å². The number of anilines is 1. The van der Waals surface area contributed by atoms with E-state index in [-0.39, 0.29) is 0 Å². The fourth-order valence-corrected chi connectivity index (χ4v) is 2.05. The van der Waals surface area contributed by atoms with Crippen LogP contribution in [0, 0.1) is 11.3 Å². The monoisotopic (exact) mass is 282 g/mol. The zero-order valence-corrected chi connectivity index (χ0v) is 12.3.